The summed E-state index contributed by atoms with van der Waals surface area (Å²) in [6, 6.07) is 0. The van der Waals surface area contributed by atoms with Crippen LogP contribution >= 0.6 is 0 Å². The van der Waals surface area contributed by atoms with Crippen molar-refractivity contribution in [3.63, 3.8) is 0 Å². The van der Waals surface area contributed by atoms with Gasteiger partial charge in [-0.3, -0.25) is 0 Å². The number of ether oxygens (including phenoxy) is 1. The number of anilines is 3. The van der Waals surface area contributed by atoms with Gasteiger partial charge in [-0.2, -0.15) is 28.1 Å². The first kappa shape index (κ1) is 19.5. The second-order valence-corrected chi connectivity index (χ2v) is 6.58. The van der Waals surface area contributed by atoms with Crippen LogP contribution < -0.4 is 20.9 Å². The molecular weight excluding hydrogens is 391 g/mol. The Morgan fingerprint density at radius 3 is 2.17 bits per heavy atom. The Morgan fingerprint density at radius 2 is 1.55 bits per heavy atom. The van der Waals surface area contributed by atoms with Gasteiger partial charge in [0.05, 0.1) is 18.8 Å². The van der Waals surface area contributed by atoms with E-state index in [1.165, 1.54) is 0 Å². The molecule has 4 rings (SSSR count). The van der Waals surface area contributed by atoms with Gasteiger partial charge in [-0.1, -0.05) is 0 Å². The number of nitrogens with two attached hydrogens (primary N) is 1. The van der Waals surface area contributed by atoms with E-state index in [9.17, 15) is 13.2 Å². The number of alkyl halides is 3. The predicted octanol–water partition coefficient (Wildman–Crippen LogP) is 0.176. The Kier molecular flexibility index (Phi) is 5.32. The highest BCUT2D eigenvalue weighted by molar-refractivity contribution is 5.62. The monoisotopic (exact) mass is 411 g/mol. The van der Waals surface area contributed by atoms with Crippen LogP contribution in [-0.4, -0.2) is 77.4 Å². The first-order valence-electron chi connectivity index (χ1n) is 9.16. The normalized spacial score (nSPS) is 18.2. The van der Waals surface area contributed by atoms with Gasteiger partial charge in [0.2, 0.25) is 17.8 Å². The Bertz CT molecular complexity index is 831. The molecule has 0 spiro atoms. The number of rotatable bonds is 3. The second-order valence-electron chi connectivity index (χ2n) is 6.58. The molecule has 2 aromatic rings. The molecule has 13 heteroatoms. The summed E-state index contributed by atoms with van der Waals surface area (Å²) in [6.45, 7) is 4.78. The van der Waals surface area contributed by atoms with E-state index in [4.69, 9.17) is 10.5 Å². The van der Waals surface area contributed by atoms with E-state index >= 15 is 0 Å². The molecule has 2 fully saturated rings. The third-order valence-corrected chi connectivity index (χ3v) is 4.62. The van der Waals surface area contributed by atoms with Gasteiger partial charge in [-0.25, -0.2) is 9.97 Å². The molecule has 0 amide bonds. The standard InChI is InChI=1S/C16H20F3N9O/c17-16(18,19)11-10(9-22-13(20)23-11)12-24-14(27-3-1-21-2-4-27)26-15(25-12)28-5-7-29-8-6-28/h9,21H,1-8H2,(H2,20,22,23). The molecule has 2 saturated heterocycles. The molecule has 2 aliphatic heterocycles. The first-order valence-corrected chi connectivity index (χ1v) is 9.16. The fourth-order valence-electron chi connectivity index (χ4n) is 3.16. The second kappa shape index (κ2) is 7.91. The van der Waals surface area contributed by atoms with Gasteiger partial charge in [0, 0.05) is 45.5 Å². The van der Waals surface area contributed by atoms with E-state index < -0.39 is 17.8 Å². The summed E-state index contributed by atoms with van der Waals surface area (Å²) in [5.41, 5.74) is 3.88. The molecule has 156 valence electrons. The van der Waals surface area contributed by atoms with Gasteiger partial charge >= 0.3 is 6.18 Å². The van der Waals surface area contributed by atoms with Crippen molar-refractivity contribution in [1.82, 2.24) is 30.2 Å². The first-order chi connectivity index (χ1) is 13.9. The Labute approximate surface area is 164 Å². The minimum absolute atomic E-state index is 0.137. The Balaban J connectivity index is 1.82. The van der Waals surface area contributed by atoms with Gasteiger partial charge in [0.25, 0.3) is 0 Å². The molecule has 0 unspecified atom stereocenters. The van der Waals surface area contributed by atoms with E-state index in [-0.39, 0.29) is 11.4 Å². The van der Waals surface area contributed by atoms with E-state index in [0.717, 1.165) is 19.3 Å². The van der Waals surface area contributed by atoms with Crippen LogP contribution in [0.15, 0.2) is 6.20 Å². The Hall–Kier alpha value is -2.80. The summed E-state index contributed by atoms with van der Waals surface area (Å²) in [6.07, 6.45) is -3.72. The maximum absolute atomic E-state index is 13.6. The molecule has 4 heterocycles. The number of piperazine rings is 1. The lowest BCUT2D eigenvalue weighted by molar-refractivity contribution is -0.140. The smallest absolute Gasteiger partial charge is 0.378 e. The molecule has 0 aromatic carbocycles. The lowest BCUT2D eigenvalue weighted by atomic mass is 10.2. The van der Waals surface area contributed by atoms with E-state index in [1.807, 2.05) is 9.80 Å². The molecule has 2 aromatic heterocycles. The van der Waals surface area contributed by atoms with Crippen molar-refractivity contribution in [3.8, 4) is 11.4 Å². The van der Waals surface area contributed by atoms with Gasteiger partial charge < -0.3 is 25.6 Å². The van der Waals surface area contributed by atoms with Crippen molar-refractivity contribution in [2.75, 3.05) is 68.0 Å². The summed E-state index contributed by atoms with van der Waals surface area (Å²) >= 11 is 0. The van der Waals surface area contributed by atoms with Crippen LogP contribution in [0.25, 0.3) is 11.4 Å². The summed E-state index contributed by atoms with van der Waals surface area (Å²) < 4.78 is 46.0. The zero-order valence-electron chi connectivity index (χ0n) is 15.5. The molecule has 10 nitrogen and oxygen atoms in total. The van der Waals surface area contributed by atoms with Crippen molar-refractivity contribution in [2.24, 2.45) is 0 Å². The van der Waals surface area contributed by atoms with Crippen LogP contribution in [0.3, 0.4) is 0 Å². The van der Waals surface area contributed by atoms with Gasteiger partial charge in [0.1, 0.15) is 0 Å². The number of nitrogens with one attached hydrogen (secondary N) is 1. The minimum atomic E-state index is -4.73. The third kappa shape index (κ3) is 4.29. The van der Waals surface area contributed by atoms with Crippen molar-refractivity contribution in [2.45, 2.75) is 6.18 Å². The van der Waals surface area contributed by atoms with Gasteiger partial charge in [-0.05, 0) is 0 Å². The summed E-state index contributed by atoms with van der Waals surface area (Å²) in [4.78, 5) is 24.0. The number of aromatic nitrogens is 5. The van der Waals surface area contributed by atoms with Crippen molar-refractivity contribution in [1.29, 1.82) is 0 Å². The molecule has 29 heavy (non-hydrogen) atoms. The predicted molar refractivity (Wildman–Crippen MR) is 98.4 cm³/mol. The molecule has 0 saturated carbocycles. The van der Waals surface area contributed by atoms with E-state index in [2.05, 4.69) is 30.2 Å². The number of hydrogen-bond donors (Lipinski definition) is 2. The van der Waals surface area contributed by atoms with Crippen molar-refractivity contribution in [3.05, 3.63) is 11.9 Å². The number of halogens is 3. The van der Waals surface area contributed by atoms with Crippen LogP contribution in [0.4, 0.5) is 31.0 Å². The van der Waals surface area contributed by atoms with E-state index in [1.54, 1.807) is 0 Å². The van der Waals surface area contributed by atoms with E-state index in [0.29, 0.717) is 51.3 Å². The highest BCUT2D eigenvalue weighted by atomic mass is 19.4. The van der Waals surface area contributed by atoms with Crippen LogP contribution in [-0.2, 0) is 10.9 Å². The van der Waals surface area contributed by atoms with Gasteiger partial charge in [-0.15, -0.1) is 0 Å². The highest BCUT2D eigenvalue weighted by Gasteiger charge is 2.37. The number of nitrogens with zero attached hydrogens (tertiary/aromatic N) is 7. The van der Waals surface area contributed by atoms with Crippen molar-refractivity contribution < 1.29 is 17.9 Å². The maximum atomic E-state index is 13.6. The highest BCUT2D eigenvalue weighted by Crippen LogP contribution is 2.35. The zero-order valence-corrected chi connectivity index (χ0v) is 15.5. The molecular formula is C16H20F3N9O. The van der Waals surface area contributed by atoms with Crippen LogP contribution in [0.2, 0.25) is 0 Å². The summed E-state index contributed by atoms with van der Waals surface area (Å²) in [5, 5.41) is 3.22. The molecule has 0 atom stereocenters. The summed E-state index contributed by atoms with van der Waals surface area (Å²) in [7, 11) is 0. The fraction of sp³-hybridized carbons (Fsp3) is 0.562. The van der Waals surface area contributed by atoms with Gasteiger partial charge in [0.15, 0.2) is 11.5 Å². The number of nitrogen functional groups attached to an aromatic ring is 1. The Morgan fingerprint density at radius 1 is 0.931 bits per heavy atom. The van der Waals surface area contributed by atoms with Crippen molar-refractivity contribution >= 4 is 17.8 Å². The minimum Gasteiger partial charge on any atom is -0.378 e. The maximum Gasteiger partial charge on any atom is 0.434 e. The lowest BCUT2D eigenvalue weighted by Gasteiger charge is -2.30. The average molecular weight is 411 g/mol. The largest absolute Gasteiger partial charge is 0.434 e. The fourth-order valence-corrected chi connectivity index (χ4v) is 3.16. The topological polar surface area (TPSA) is 118 Å². The number of morpholine rings is 1. The van der Waals surface area contributed by atoms with Crippen LogP contribution in [0.5, 0.6) is 0 Å². The quantitative estimate of drug-likeness (QED) is 0.724. The zero-order chi connectivity index (χ0) is 20.4. The van der Waals surface area contributed by atoms with Crippen LogP contribution in [0, 0.1) is 0 Å². The molecule has 0 bridgehead atoms. The molecule has 3 N–H and O–H groups in total. The number of hydrogen-bond acceptors (Lipinski definition) is 10. The lowest BCUT2D eigenvalue weighted by Crippen LogP contribution is -2.44. The van der Waals surface area contributed by atoms with Crippen LogP contribution in [0.1, 0.15) is 5.69 Å². The SMILES string of the molecule is Nc1ncc(-c2nc(N3CCNCC3)nc(N3CCOCC3)n2)c(C(F)(F)F)n1. The average Bonchev–Trinajstić information content (AvgIpc) is 2.74. The molecule has 2 aliphatic rings. The third-order valence-electron chi connectivity index (χ3n) is 4.62. The molecule has 0 radical (unpaired) electrons. The summed E-state index contributed by atoms with van der Waals surface area (Å²) in [5.74, 6) is 0.0212. The molecule has 0 aliphatic carbocycles.